The Hall–Kier alpha value is -3.94. The molecular formula is C28H31FN3O4+. The van der Waals surface area contributed by atoms with Crippen molar-refractivity contribution in [3.05, 3.63) is 83.2 Å². The van der Waals surface area contributed by atoms with Crippen LogP contribution >= 0.6 is 0 Å². The molecule has 0 aliphatic carbocycles. The van der Waals surface area contributed by atoms with Crippen molar-refractivity contribution in [2.45, 2.75) is 46.4 Å². The summed E-state index contributed by atoms with van der Waals surface area (Å²) in [5, 5.41) is 0. The van der Waals surface area contributed by atoms with Crippen molar-refractivity contribution in [3.8, 4) is 11.4 Å². The molecule has 0 N–H and O–H groups in total. The van der Waals surface area contributed by atoms with Crippen LogP contribution < -0.4 is 9.30 Å². The van der Waals surface area contributed by atoms with Crippen LogP contribution in [0.3, 0.4) is 0 Å². The predicted molar refractivity (Wildman–Crippen MR) is 133 cm³/mol. The van der Waals surface area contributed by atoms with E-state index in [1.165, 1.54) is 19.1 Å². The maximum absolute atomic E-state index is 13.3. The number of likely N-dealkylation sites (tertiary alicyclic amines) is 1. The van der Waals surface area contributed by atoms with Crippen molar-refractivity contribution in [1.82, 2.24) is 9.47 Å². The number of ether oxygens (including phenoxy) is 2. The highest BCUT2D eigenvalue weighted by atomic mass is 19.1. The second kappa shape index (κ2) is 10.8. The molecule has 7 nitrogen and oxygen atoms in total. The fourth-order valence-corrected chi connectivity index (χ4v) is 4.43. The van der Waals surface area contributed by atoms with Crippen LogP contribution in [0.2, 0.25) is 0 Å². The number of rotatable bonds is 7. The highest BCUT2D eigenvalue weighted by Crippen LogP contribution is 2.30. The van der Waals surface area contributed by atoms with Crippen molar-refractivity contribution >= 4 is 18.0 Å². The van der Waals surface area contributed by atoms with Crippen molar-refractivity contribution in [3.63, 3.8) is 0 Å². The Bertz CT molecular complexity index is 1300. The topological polar surface area (TPSA) is 64.7 Å². The standard InChI is InChI=1S/C28H31FN3O4/c1-19-16-30(17-31(19)18-36-21(3)33)26-12-7-22(15-27(26)35-4)14-24-6-5-13-32(28(24)34)20(2)23-8-10-25(29)11-9-23/h7-12,14-17,20H,5-6,13,18H2,1-4H3/q+1/b24-14+/t20-/m0/s1. The van der Waals surface area contributed by atoms with Crippen LogP contribution in [0.25, 0.3) is 11.8 Å². The number of aryl methyl sites for hydroxylation is 1. The van der Waals surface area contributed by atoms with E-state index in [0.29, 0.717) is 18.7 Å². The van der Waals surface area contributed by atoms with Gasteiger partial charge in [-0.1, -0.05) is 18.2 Å². The van der Waals surface area contributed by atoms with Crippen LogP contribution in [-0.4, -0.2) is 35.0 Å². The largest absolute Gasteiger partial charge is 0.492 e. The number of hydrogen-bond acceptors (Lipinski definition) is 4. The first-order chi connectivity index (χ1) is 17.3. The number of methoxy groups -OCH3 is 1. The summed E-state index contributed by atoms with van der Waals surface area (Å²) in [4.78, 5) is 26.3. The fourth-order valence-electron chi connectivity index (χ4n) is 4.43. The van der Waals surface area contributed by atoms with E-state index >= 15 is 0 Å². The smallest absolute Gasteiger partial charge is 0.305 e. The second-order valence-electron chi connectivity index (χ2n) is 8.96. The van der Waals surface area contributed by atoms with Crippen molar-refractivity contribution in [2.75, 3.05) is 13.7 Å². The van der Waals surface area contributed by atoms with Gasteiger partial charge in [-0.15, -0.1) is 0 Å². The van der Waals surface area contributed by atoms with Gasteiger partial charge in [0.15, 0.2) is 11.4 Å². The molecular weight excluding hydrogens is 461 g/mol. The number of amides is 1. The normalized spacial score (nSPS) is 15.8. The molecule has 0 radical (unpaired) electrons. The lowest BCUT2D eigenvalue weighted by Crippen LogP contribution is -2.38. The first kappa shape index (κ1) is 25.2. The maximum atomic E-state index is 13.3. The van der Waals surface area contributed by atoms with Crippen molar-refractivity contribution in [1.29, 1.82) is 0 Å². The van der Waals surface area contributed by atoms with E-state index < -0.39 is 0 Å². The molecule has 0 saturated carbocycles. The van der Waals surface area contributed by atoms with Crippen LogP contribution in [0.15, 0.2) is 60.6 Å². The minimum atomic E-state index is -0.340. The van der Waals surface area contributed by atoms with E-state index in [1.54, 1.807) is 19.2 Å². The predicted octanol–water partition coefficient (Wildman–Crippen LogP) is 4.51. The Morgan fingerprint density at radius 1 is 1.22 bits per heavy atom. The van der Waals surface area contributed by atoms with Gasteiger partial charge in [0, 0.05) is 26.0 Å². The van der Waals surface area contributed by atoms with E-state index in [0.717, 1.165) is 34.5 Å². The molecule has 1 amide bonds. The highest BCUT2D eigenvalue weighted by Gasteiger charge is 2.28. The molecule has 4 rings (SSSR count). The summed E-state index contributed by atoms with van der Waals surface area (Å²) >= 11 is 0. The maximum Gasteiger partial charge on any atom is 0.305 e. The van der Waals surface area contributed by atoms with Crippen LogP contribution in [0.4, 0.5) is 4.39 Å². The highest BCUT2D eigenvalue weighted by molar-refractivity contribution is 5.98. The summed E-state index contributed by atoms with van der Waals surface area (Å²) in [5.74, 6) is 0.0168. The Morgan fingerprint density at radius 2 is 1.97 bits per heavy atom. The Morgan fingerprint density at radius 3 is 2.67 bits per heavy atom. The van der Waals surface area contributed by atoms with Gasteiger partial charge in [0.1, 0.15) is 17.7 Å². The quantitative estimate of drug-likeness (QED) is 0.277. The molecule has 0 spiro atoms. The lowest BCUT2D eigenvalue weighted by atomic mass is 9.97. The van der Waals surface area contributed by atoms with Crippen molar-refractivity contribution in [2.24, 2.45) is 0 Å². The van der Waals surface area contributed by atoms with Gasteiger partial charge in [0.25, 0.3) is 6.33 Å². The van der Waals surface area contributed by atoms with Gasteiger partial charge in [-0.3, -0.25) is 9.59 Å². The summed E-state index contributed by atoms with van der Waals surface area (Å²) in [5.41, 5.74) is 4.26. The molecule has 2 aromatic carbocycles. The molecule has 8 heteroatoms. The van der Waals surface area contributed by atoms with Crippen LogP contribution in [0.1, 0.15) is 49.6 Å². The summed E-state index contributed by atoms with van der Waals surface area (Å²) in [6.45, 7) is 6.08. The third-order valence-electron chi connectivity index (χ3n) is 6.47. The number of imidazole rings is 1. The Balaban J connectivity index is 1.56. The molecule has 3 aromatic rings. The molecule has 1 saturated heterocycles. The minimum absolute atomic E-state index is 0.00586. The number of hydrogen-bond donors (Lipinski definition) is 0. The summed E-state index contributed by atoms with van der Waals surface area (Å²) in [6, 6.07) is 12.0. The van der Waals surface area contributed by atoms with Gasteiger partial charge in [-0.2, -0.15) is 9.13 Å². The third kappa shape index (κ3) is 5.48. The first-order valence-electron chi connectivity index (χ1n) is 11.9. The zero-order valence-electron chi connectivity index (χ0n) is 21.0. The molecule has 1 aliphatic rings. The summed E-state index contributed by atoms with van der Waals surface area (Å²) in [7, 11) is 1.61. The average Bonchev–Trinajstić information content (AvgIpc) is 3.24. The number of nitrogens with zero attached hydrogens (tertiary/aromatic N) is 3. The third-order valence-corrected chi connectivity index (χ3v) is 6.47. The fraction of sp³-hybridized carbons (Fsp3) is 0.321. The number of benzene rings is 2. The Labute approximate surface area is 210 Å². The number of carbonyl (C=O) groups is 2. The van der Waals surface area contributed by atoms with Gasteiger partial charge in [0.2, 0.25) is 12.6 Å². The van der Waals surface area contributed by atoms with Crippen LogP contribution in [-0.2, 0) is 21.1 Å². The summed E-state index contributed by atoms with van der Waals surface area (Å²) in [6.07, 6.45) is 7.25. The lowest BCUT2D eigenvalue weighted by Gasteiger charge is -2.34. The number of piperidine rings is 1. The molecule has 2 heterocycles. The molecule has 1 aromatic heterocycles. The molecule has 1 atom stereocenters. The van der Waals surface area contributed by atoms with Gasteiger partial charge in [-0.25, -0.2) is 4.39 Å². The monoisotopic (exact) mass is 492 g/mol. The molecule has 188 valence electrons. The number of halogens is 1. The first-order valence-corrected chi connectivity index (χ1v) is 11.9. The van der Waals surface area contributed by atoms with Crippen LogP contribution in [0, 0.1) is 12.7 Å². The summed E-state index contributed by atoms with van der Waals surface area (Å²) < 4.78 is 27.8. The molecule has 0 bridgehead atoms. The zero-order valence-corrected chi connectivity index (χ0v) is 21.0. The SMILES string of the molecule is COc1cc(/C=C2\CCCN([C@@H](C)c3ccc(F)cc3)C2=O)ccc1-n1cc(C)[n+](COC(C)=O)c1. The van der Waals surface area contributed by atoms with Gasteiger partial charge in [0.05, 0.1) is 13.2 Å². The van der Waals surface area contributed by atoms with Gasteiger partial charge < -0.3 is 14.4 Å². The Kier molecular flexibility index (Phi) is 7.52. The van der Waals surface area contributed by atoms with E-state index in [9.17, 15) is 14.0 Å². The van der Waals surface area contributed by atoms with Gasteiger partial charge >= 0.3 is 5.97 Å². The van der Waals surface area contributed by atoms with E-state index in [-0.39, 0.29) is 30.5 Å². The zero-order chi connectivity index (χ0) is 25.8. The molecule has 1 aliphatic heterocycles. The van der Waals surface area contributed by atoms with Crippen molar-refractivity contribution < 1.29 is 28.0 Å². The number of carbonyl (C=O) groups excluding carboxylic acids is 2. The van der Waals surface area contributed by atoms with E-state index in [2.05, 4.69) is 0 Å². The van der Waals surface area contributed by atoms with E-state index in [4.69, 9.17) is 9.47 Å². The van der Waals surface area contributed by atoms with Gasteiger partial charge in [-0.05, 0) is 61.2 Å². The molecule has 0 unspecified atom stereocenters. The number of aromatic nitrogens is 2. The molecule has 1 fully saturated rings. The number of esters is 1. The average molecular weight is 493 g/mol. The second-order valence-corrected chi connectivity index (χ2v) is 8.96. The van der Waals surface area contributed by atoms with E-state index in [1.807, 2.05) is 64.7 Å². The minimum Gasteiger partial charge on any atom is -0.492 e. The lowest BCUT2D eigenvalue weighted by molar-refractivity contribution is -0.732. The molecule has 36 heavy (non-hydrogen) atoms. The van der Waals surface area contributed by atoms with Crippen LogP contribution in [0.5, 0.6) is 5.75 Å².